The van der Waals surface area contributed by atoms with E-state index in [9.17, 15) is 13.2 Å². The molecule has 0 bridgehead atoms. The second-order valence-electron chi connectivity index (χ2n) is 6.12. The molecule has 2 aromatic rings. The number of hydrogen-bond acceptors (Lipinski definition) is 6. The van der Waals surface area contributed by atoms with Crippen LogP contribution in [0.4, 0.5) is 11.4 Å². The summed E-state index contributed by atoms with van der Waals surface area (Å²) >= 11 is 3.32. The van der Waals surface area contributed by atoms with Gasteiger partial charge in [-0.3, -0.25) is 9.52 Å². The lowest BCUT2D eigenvalue weighted by atomic mass is 10.2. The molecule has 2 aromatic carbocycles. The lowest BCUT2D eigenvalue weighted by Gasteiger charge is -2.15. The molecule has 0 fully saturated rings. The maximum absolute atomic E-state index is 12.9. The Labute approximate surface area is 178 Å². The molecule has 0 saturated heterocycles. The summed E-state index contributed by atoms with van der Waals surface area (Å²) in [5.41, 5.74) is 0.665. The number of halogens is 1. The molecule has 158 valence electrons. The van der Waals surface area contributed by atoms with Crippen LogP contribution < -0.4 is 19.5 Å². The minimum atomic E-state index is -3.99. The molecule has 2 N–H and O–H groups in total. The molecule has 0 aromatic heterocycles. The van der Waals surface area contributed by atoms with Gasteiger partial charge >= 0.3 is 0 Å². The molecular weight excluding hydrogens is 464 g/mol. The Morgan fingerprint density at radius 2 is 1.66 bits per heavy atom. The third kappa shape index (κ3) is 6.09. The number of carbonyl (C=O) groups is 1. The number of ether oxygens (including phenoxy) is 3. The Morgan fingerprint density at radius 3 is 2.24 bits per heavy atom. The molecule has 0 aliphatic rings. The molecule has 8 nitrogen and oxygen atoms in total. The molecule has 10 heteroatoms. The van der Waals surface area contributed by atoms with E-state index in [0.29, 0.717) is 21.6 Å². The van der Waals surface area contributed by atoms with Gasteiger partial charge in [0.15, 0.2) is 0 Å². The number of amides is 1. The van der Waals surface area contributed by atoms with Gasteiger partial charge in [0.25, 0.3) is 10.0 Å². The SMILES string of the molecule is COc1ccc(NS(=O)(=O)c2cc(NC(=O)CC(C)OC)ccc2OC)cc1Br. The third-order valence-electron chi connectivity index (χ3n) is 4.02. The topological polar surface area (TPSA) is 103 Å². The molecule has 0 radical (unpaired) electrons. The number of sulfonamides is 1. The lowest BCUT2D eigenvalue weighted by molar-refractivity contribution is -0.118. The highest BCUT2D eigenvalue weighted by Gasteiger charge is 2.21. The summed E-state index contributed by atoms with van der Waals surface area (Å²) in [7, 11) is 0.410. The van der Waals surface area contributed by atoms with Gasteiger partial charge in [0, 0.05) is 12.8 Å². The zero-order chi connectivity index (χ0) is 21.6. The predicted octanol–water partition coefficient (Wildman–Crippen LogP) is 3.63. The highest BCUT2D eigenvalue weighted by molar-refractivity contribution is 9.10. The van der Waals surface area contributed by atoms with Crippen molar-refractivity contribution in [2.75, 3.05) is 31.4 Å². The quantitative estimate of drug-likeness (QED) is 0.560. The van der Waals surface area contributed by atoms with E-state index < -0.39 is 10.0 Å². The van der Waals surface area contributed by atoms with Crippen LogP contribution >= 0.6 is 15.9 Å². The Bertz CT molecular complexity index is 981. The summed E-state index contributed by atoms with van der Waals surface area (Å²) in [5.74, 6) is 0.425. The summed E-state index contributed by atoms with van der Waals surface area (Å²) < 4.78 is 44.4. The van der Waals surface area contributed by atoms with Gasteiger partial charge in [-0.2, -0.15) is 0 Å². The van der Waals surface area contributed by atoms with E-state index in [1.807, 2.05) is 0 Å². The average molecular weight is 487 g/mol. The van der Waals surface area contributed by atoms with Gasteiger partial charge in [-0.15, -0.1) is 0 Å². The number of carbonyl (C=O) groups excluding carboxylic acids is 1. The zero-order valence-corrected chi connectivity index (χ0v) is 18.9. The monoisotopic (exact) mass is 486 g/mol. The van der Waals surface area contributed by atoms with Crippen molar-refractivity contribution in [3.63, 3.8) is 0 Å². The summed E-state index contributed by atoms with van der Waals surface area (Å²) in [6, 6.07) is 9.18. The Morgan fingerprint density at radius 1 is 1.03 bits per heavy atom. The highest BCUT2D eigenvalue weighted by atomic mass is 79.9. The van der Waals surface area contributed by atoms with Gasteiger partial charge in [0.1, 0.15) is 16.4 Å². The Kier molecular flexibility index (Phi) is 7.88. The second-order valence-corrected chi connectivity index (χ2v) is 8.62. The fourth-order valence-electron chi connectivity index (χ4n) is 2.46. The van der Waals surface area contributed by atoms with Crippen LogP contribution in [0.1, 0.15) is 13.3 Å². The molecule has 1 unspecified atom stereocenters. The van der Waals surface area contributed by atoms with E-state index >= 15 is 0 Å². The van der Waals surface area contributed by atoms with Gasteiger partial charge in [-0.1, -0.05) is 0 Å². The molecule has 0 spiro atoms. The fourth-order valence-corrected chi connectivity index (χ4v) is 4.25. The van der Waals surface area contributed by atoms with Crippen LogP contribution in [0, 0.1) is 0 Å². The zero-order valence-electron chi connectivity index (χ0n) is 16.5. The van der Waals surface area contributed by atoms with Crippen LogP contribution in [-0.2, 0) is 19.6 Å². The Hall–Kier alpha value is -2.30. The van der Waals surface area contributed by atoms with Crippen molar-refractivity contribution in [3.05, 3.63) is 40.9 Å². The highest BCUT2D eigenvalue weighted by Crippen LogP contribution is 2.32. The van der Waals surface area contributed by atoms with E-state index in [4.69, 9.17) is 14.2 Å². The lowest BCUT2D eigenvalue weighted by Crippen LogP contribution is -2.19. The number of anilines is 2. The molecular formula is C19H23BrN2O6S. The largest absolute Gasteiger partial charge is 0.496 e. The Balaban J connectivity index is 2.30. The van der Waals surface area contributed by atoms with Crippen LogP contribution in [0.2, 0.25) is 0 Å². The molecule has 1 amide bonds. The van der Waals surface area contributed by atoms with Crippen molar-refractivity contribution in [2.24, 2.45) is 0 Å². The molecule has 1 atom stereocenters. The molecule has 0 saturated carbocycles. The number of rotatable bonds is 9. The summed E-state index contributed by atoms with van der Waals surface area (Å²) in [5, 5.41) is 2.67. The van der Waals surface area contributed by atoms with E-state index in [1.165, 1.54) is 33.5 Å². The van der Waals surface area contributed by atoms with Gasteiger partial charge in [0.2, 0.25) is 5.91 Å². The van der Waals surface area contributed by atoms with E-state index in [1.54, 1.807) is 31.2 Å². The summed E-state index contributed by atoms with van der Waals surface area (Å²) in [6.45, 7) is 1.76. The second kappa shape index (κ2) is 9.95. The number of hydrogen-bond donors (Lipinski definition) is 2. The molecule has 29 heavy (non-hydrogen) atoms. The first-order chi connectivity index (χ1) is 13.7. The van der Waals surface area contributed by atoms with Gasteiger partial charge in [0.05, 0.1) is 36.9 Å². The summed E-state index contributed by atoms with van der Waals surface area (Å²) in [6.07, 6.45) is -0.116. The molecule has 0 aliphatic heterocycles. The van der Waals surface area contributed by atoms with E-state index in [0.717, 1.165) is 0 Å². The fraction of sp³-hybridized carbons (Fsp3) is 0.316. The smallest absolute Gasteiger partial charge is 0.265 e. The first-order valence-corrected chi connectivity index (χ1v) is 10.8. The molecule has 0 heterocycles. The van der Waals surface area contributed by atoms with Crippen LogP contribution in [-0.4, -0.2) is 41.8 Å². The molecule has 0 aliphatic carbocycles. The van der Waals surface area contributed by atoms with Crippen molar-refractivity contribution in [2.45, 2.75) is 24.3 Å². The standard InChI is InChI=1S/C19H23BrN2O6S/c1-12(26-2)9-19(23)21-13-5-8-17(28-4)18(11-13)29(24,25)22-14-6-7-16(27-3)15(20)10-14/h5-8,10-12,22H,9H2,1-4H3,(H,21,23). The maximum atomic E-state index is 12.9. The van der Waals surface area contributed by atoms with Crippen LogP contribution in [0.5, 0.6) is 11.5 Å². The van der Waals surface area contributed by atoms with Crippen LogP contribution in [0.15, 0.2) is 45.8 Å². The number of methoxy groups -OCH3 is 3. The normalized spacial score (nSPS) is 12.2. The van der Waals surface area contributed by atoms with Crippen molar-refractivity contribution in [1.82, 2.24) is 0 Å². The third-order valence-corrected chi connectivity index (χ3v) is 6.04. The van der Waals surface area contributed by atoms with Crippen molar-refractivity contribution < 1.29 is 27.4 Å². The first kappa shape index (κ1) is 23.0. The van der Waals surface area contributed by atoms with Crippen molar-refractivity contribution in [3.8, 4) is 11.5 Å². The van der Waals surface area contributed by atoms with Crippen LogP contribution in [0.3, 0.4) is 0 Å². The first-order valence-electron chi connectivity index (χ1n) is 8.57. The van der Waals surface area contributed by atoms with Gasteiger partial charge in [-0.05, 0) is 59.3 Å². The van der Waals surface area contributed by atoms with Gasteiger partial charge in [-0.25, -0.2) is 8.42 Å². The van der Waals surface area contributed by atoms with E-state index in [2.05, 4.69) is 26.0 Å². The number of nitrogens with one attached hydrogen (secondary N) is 2. The van der Waals surface area contributed by atoms with E-state index in [-0.39, 0.29) is 29.1 Å². The average Bonchev–Trinajstić information content (AvgIpc) is 2.67. The van der Waals surface area contributed by atoms with Crippen molar-refractivity contribution >= 4 is 43.2 Å². The molecule has 2 rings (SSSR count). The van der Waals surface area contributed by atoms with Crippen molar-refractivity contribution in [1.29, 1.82) is 0 Å². The summed E-state index contributed by atoms with van der Waals surface area (Å²) in [4.78, 5) is 12.0. The van der Waals surface area contributed by atoms with Crippen LogP contribution in [0.25, 0.3) is 0 Å². The maximum Gasteiger partial charge on any atom is 0.265 e. The predicted molar refractivity (Wildman–Crippen MR) is 114 cm³/mol. The number of benzene rings is 2. The minimum Gasteiger partial charge on any atom is -0.496 e. The minimum absolute atomic E-state index is 0.107. The van der Waals surface area contributed by atoms with Gasteiger partial charge < -0.3 is 19.5 Å².